The van der Waals surface area contributed by atoms with Crippen LogP contribution in [-0.2, 0) is 7.05 Å². The van der Waals surface area contributed by atoms with Crippen LogP contribution >= 0.6 is 0 Å². The summed E-state index contributed by atoms with van der Waals surface area (Å²) >= 11 is 0. The lowest BCUT2D eigenvalue weighted by atomic mass is 10.2. The smallest absolute Gasteiger partial charge is 0.142 e. The van der Waals surface area contributed by atoms with Crippen molar-refractivity contribution in [1.29, 1.82) is 5.26 Å². The van der Waals surface area contributed by atoms with Gasteiger partial charge in [0.25, 0.3) is 0 Å². The summed E-state index contributed by atoms with van der Waals surface area (Å²) in [6.45, 7) is 7.71. The summed E-state index contributed by atoms with van der Waals surface area (Å²) in [5, 5.41) is 19.7. The molecule has 0 atom stereocenters. The van der Waals surface area contributed by atoms with Gasteiger partial charge < -0.3 is 10.6 Å². The zero-order valence-electron chi connectivity index (χ0n) is 10.3. The molecular formula is C11H19N5. The molecule has 0 saturated heterocycles. The molecule has 0 amide bonds. The summed E-state index contributed by atoms with van der Waals surface area (Å²) in [7, 11) is 1.84. The maximum atomic E-state index is 9.00. The second kappa shape index (κ2) is 5.52. The molecule has 16 heavy (non-hydrogen) atoms. The largest absolute Gasteiger partial charge is 0.368 e. The van der Waals surface area contributed by atoms with Crippen LogP contribution in [0.5, 0.6) is 0 Å². The molecule has 1 rings (SSSR count). The SMILES string of the molecule is Cc1nn(C)c(NCCNC(C)C)c1C#N. The normalized spacial score (nSPS) is 10.5. The summed E-state index contributed by atoms with van der Waals surface area (Å²) in [5.74, 6) is 0.797. The van der Waals surface area contributed by atoms with Gasteiger partial charge in [-0.15, -0.1) is 0 Å². The molecular weight excluding hydrogens is 202 g/mol. The van der Waals surface area contributed by atoms with Crippen LogP contribution in [0.4, 0.5) is 5.82 Å². The molecule has 0 radical (unpaired) electrons. The van der Waals surface area contributed by atoms with Gasteiger partial charge in [-0.25, -0.2) is 0 Å². The summed E-state index contributed by atoms with van der Waals surface area (Å²) in [6.07, 6.45) is 0. The third-order valence-electron chi connectivity index (χ3n) is 2.30. The van der Waals surface area contributed by atoms with Crippen LogP contribution < -0.4 is 10.6 Å². The average Bonchev–Trinajstić information content (AvgIpc) is 2.47. The van der Waals surface area contributed by atoms with E-state index >= 15 is 0 Å². The minimum Gasteiger partial charge on any atom is -0.368 e. The van der Waals surface area contributed by atoms with Crippen LogP contribution in [0.3, 0.4) is 0 Å². The lowest BCUT2D eigenvalue weighted by molar-refractivity contribution is 0.600. The molecule has 0 spiro atoms. The first-order valence-electron chi connectivity index (χ1n) is 5.47. The molecule has 88 valence electrons. The quantitative estimate of drug-likeness (QED) is 0.728. The molecule has 0 aliphatic rings. The number of nitriles is 1. The molecule has 0 unspecified atom stereocenters. The predicted molar refractivity (Wildman–Crippen MR) is 64.3 cm³/mol. The third kappa shape index (κ3) is 2.97. The molecule has 0 bridgehead atoms. The van der Waals surface area contributed by atoms with Gasteiger partial charge in [0, 0.05) is 26.2 Å². The number of anilines is 1. The molecule has 1 aromatic heterocycles. The highest BCUT2D eigenvalue weighted by atomic mass is 15.3. The lowest BCUT2D eigenvalue weighted by Crippen LogP contribution is -2.28. The van der Waals surface area contributed by atoms with Gasteiger partial charge in [0.2, 0.25) is 0 Å². The standard InChI is InChI=1S/C11H19N5/c1-8(2)13-5-6-14-11-10(7-12)9(3)15-16(11)4/h8,13-14H,5-6H2,1-4H3. The zero-order chi connectivity index (χ0) is 12.1. The molecule has 1 aromatic rings. The van der Waals surface area contributed by atoms with Crippen LogP contribution in [0.15, 0.2) is 0 Å². The highest BCUT2D eigenvalue weighted by Gasteiger charge is 2.11. The number of rotatable bonds is 5. The number of aromatic nitrogens is 2. The monoisotopic (exact) mass is 221 g/mol. The molecule has 0 aliphatic heterocycles. The van der Waals surface area contributed by atoms with E-state index in [2.05, 4.69) is 35.6 Å². The Balaban J connectivity index is 2.57. The Bertz CT molecular complexity index is 386. The first-order valence-corrected chi connectivity index (χ1v) is 5.47. The van der Waals surface area contributed by atoms with E-state index in [1.54, 1.807) is 4.68 Å². The lowest BCUT2D eigenvalue weighted by Gasteiger charge is -2.10. The molecule has 0 aliphatic carbocycles. The Kier molecular flexibility index (Phi) is 4.32. The molecule has 0 saturated carbocycles. The summed E-state index contributed by atoms with van der Waals surface area (Å²) in [4.78, 5) is 0. The zero-order valence-corrected chi connectivity index (χ0v) is 10.3. The Hall–Kier alpha value is -1.54. The molecule has 0 fully saturated rings. The minimum absolute atomic E-state index is 0.477. The van der Waals surface area contributed by atoms with E-state index in [9.17, 15) is 0 Å². The number of hydrogen-bond donors (Lipinski definition) is 2. The van der Waals surface area contributed by atoms with E-state index in [0.29, 0.717) is 11.6 Å². The molecule has 1 heterocycles. The van der Waals surface area contributed by atoms with Crippen molar-refractivity contribution in [2.24, 2.45) is 7.05 Å². The Morgan fingerprint density at radius 2 is 2.12 bits per heavy atom. The number of hydrogen-bond acceptors (Lipinski definition) is 4. The summed E-state index contributed by atoms with van der Waals surface area (Å²) in [6, 6.07) is 2.65. The van der Waals surface area contributed by atoms with Gasteiger partial charge in [-0.2, -0.15) is 10.4 Å². The average molecular weight is 221 g/mol. The van der Waals surface area contributed by atoms with Crippen molar-refractivity contribution in [3.05, 3.63) is 11.3 Å². The maximum absolute atomic E-state index is 9.00. The third-order valence-corrected chi connectivity index (χ3v) is 2.30. The van der Waals surface area contributed by atoms with Crippen LogP contribution in [0, 0.1) is 18.3 Å². The van der Waals surface area contributed by atoms with Crippen LogP contribution in [0.2, 0.25) is 0 Å². The van der Waals surface area contributed by atoms with E-state index in [1.165, 1.54) is 0 Å². The molecule has 2 N–H and O–H groups in total. The molecule has 5 heteroatoms. The highest BCUT2D eigenvalue weighted by molar-refractivity contribution is 5.54. The fraction of sp³-hybridized carbons (Fsp3) is 0.636. The van der Waals surface area contributed by atoms with Crippen molar-refractivity contribution in [2.45, 2.75) is 26.8 Å². The van der Waals surface area contributed by atoms with E-state index in [0.717, 1.165) is 24.6 Å². The molecule has 5 nitrogen and oxygen atoms in total. The van der Waals surface area contributed by atoms with Gasteiger partial charge in [0.1, 0.15) is 17.5 Å². The van der Waals surface area contributed by atoms with Crippen molar-refractivity contribution in [1.82, 2.24) is 15.1 Å². The van der Waals surface area contributed by atoms with Crippen LogP contribution in [-0.4, -0.2) is 28.9 Å². The van der Waals surface area contributed by atoms with Crippen molar-refractivity contribution in [3.63, 3.8) is 0 Å². The Morgan fingerprint density at radius 3 is 2.69 bits per heavy atom. The first kappa shape index (κ1) is 12.5. The Morgan fingerprint density at radius 1 is 1.44 bits per heavy atom. The van der Waals surface area contributed by atoms with Crippen molar-refractivity contribution >= 4 is 5.82 Å². The topological polar surface area (TPSA) is 65.7 Å². The number of aryl methyl sites for hydroxylation is 2. The van der Waals surface area contributed by atoms with Gasteiger partial charge >= 0.3 is 0 Å². The highest BCUT2D eigenvalue weighted by Crippen LogP contribution is 2.16. The predicted octanol–water partition coefficient (Wildman–Crippen LogP) is 1.01. The first-order chi connectivity index (χ1) is 7.56. The van der Waals surface area contributed by atoms with Gasteiger partial charge in [-0.3, -0.25) is 4.68 Å². The summed E-state index contributed by atoms with van der Waals surface area (Å²) in [5.41, 5.74) is 1.40. The fourth-order valence-electron chi connectivity index (χ4n) is 1.54. The molecule has 0 aromatic carbocycles. The van der Waals surface area contributed by atoms with E-state index < -0.39 is 0 Å². The van der Waals surface area contributed by atoms with Crippen molar-refractivity contribution in [2.75, 3.05) is 18.4 Å². The number of nitrogens with zero attached hydrogens (tertiary/aromatic N) is 3. The van der Waals surface area contributed by atoms with E-state index in [4.69, 9.17) is 5.26 Å². The van der Waals surface area contributed by atoms with Gasteiger partial charge in [-0.05, 0) is 6.92 Å². The minimum atomic E-state index is 0.477. The van der Waals surface area contributed by atoms with Crippen molar-refractivity contribution < 1.29 is 0 Å². The fourth-order valence-corrected chi connectivity index (χ4v) is 1.54. The second-order valence-corrected chi connectivity index (χ2v) is 4.08. The van der Waals surface area contributed by atoms with Gasteiger partial charge in [-0.1, -0.05) is 13.8 Å². The summed E-state index contributed by atoms with van der Waals surface area (Å²) < 4.78 is 1.71. The van der Waals surface area contributed by atoms with Crippen LogP contribution in [0.1, 0.15) is 25.1 Å². The van der Waals surface area contributed by atoms with E-state index in [1.807, 2.05) is 14.0 Å². The van der Waals surface area contributed by atoms with Gasteiger partial charge in [0.05, 0.1) is 5.69 Å². The Labute approximate surface area is 96.5 Å². The number of nitrogens with one attached hydrogen (secondary N) is 2. The second-order valence-electron chi connectivity index (χ2n) is 4.08. The van der Waals surface area contributed by atoms with Crippen molar-refractivity contribution in [3.8, 4) is 6.07 Å². The van der Waals surface area contributed by atoms with E-state index in [-0.39, 0.29) is 0 Å². The van der Waals surface area contributed by atoms with Gasteiger partial charge in [0.15, 0.2) is 0 Å². The van der Waals surface area contributed by atoms with Crippen LogP contribution in [0.25, 0.3) is 0 Å². The maximum Gasteiger partial charge on any atom is 0.142 e.